The third-order valence-electron chi connectivity index (χ3n) is 3.61. The predicted molar refractivity (Wildman–Crippen MR) is 98.1 cm³/mol. The molecule has 0 unspecified atom stereocenters. The second-order valence-electron chi connectivity index (χ2n) is 5.68. The van der Waals surface area contributed by atoms with Gasteiger partial charge in [0.05, 0.1) is 11.4 Å². The van der Waals surface area contributed by atoms with Crippen LogP contribution in [-0.4, -0.2) is 5.71 Å². The first-order valence-corrected chi connectivity index (χ1v) is 7.75. The Labute approximate surface area is 137 Å². The summed E-state index contributed by atoms with van der Waals surface area (Å²) in [6.45, 7) is 4.19. The average Bonchev–Trinajstić information content (AvgIpc) is 2.56. The smallest absolute Gasteiger partial charge is 0.0977 e. The van der Waals surface area contributed by atoms with Crippen LogP contribution in [0.1, 0.15) is 22.3 Å². The maximum atomic E-state index is 4.68. The molecule has 0 amide bonds. The number of nitrogens with one attached hydrogen (secondary N) is 1. The molecule has 0 bridgehead atoms. The Kier molecular flexibility index (Phi) is 4.53. The molecule has 2 nitrogen and oxygen atoms in total. The van der Waals surface area contributed by atoms with E-state index in [0.717, 1.165) is 22.5 Å². The molecule has 1 N–H and O–H groups in total. The van der Waals surface area contributed by atoms with Gasteiger partial charge in [0.1, 0.15) is 0 Å². The van der Waals surface area contributed by atoms with Crippen molar-refractivity contribution < 1.29 is 0 Å². The van der Waals surface area contributed by atoms with Crippen LogP contribution < -0.4 is 5.43 Å². The zero-order valence-corrected chi connectivity index (χ0v) is 13.5. The molecule has 3 aromatic carbocycles. The molecule has 0 aliphatic rings. The Morgan fingerprint density at radius 2 is 1.17 bits per heavy atom. The van der Waals surface area contributed by atoms with E-state index in [-0.39, 0.29) is 0 Å². The van der Waals surface area contributed by atoms with Gasteiger partial charge in [0.25, 0.3) is 0 Å². The molecule has 0 fully saturated rings. The molecule has 3 aromatic rings. The van der Waals surface area contributed by atoms with Crippen LogP contribution in [0.15, 0.2) is 84.0 Å². The van der Waals surface area contributed by atoms with E-state index in [1.54, 1.807) is 0 Å². The van der Waals surface area contributed by atoms with Gasteiger partial charge in [0, 0.05) is 11.1 Å². The minimum absolute atomic E-state index is 0.936. The quantitative estimate of drug-likeness (QED) is 0.522. The molecule has 0 saturated carbocycles. The third kappa shape index (κ3) is 3.86. The molecule has 0 aliphatic heterocycles. The summed E-state index contributed by atoms with van der Waals surface area (Å²) in [6, 6.07) is 26.8. The highest BCUT2D eigenvalue weighted by molar-refractivity contribution is 6.13. The summed E-state index contributed by atoms with van der Waals surface area (Å²) >= 11 is 0. The standard InChI is InChI=1S/C21H20N2/c1-16-13-17(2)15-20(14-16)22-23-21(18-9-5-3-6-10-18)19-11-7-4-8-12-19/h3-15,22H,1-2H3. The molecule has 0 spiro atoms. The number of nitrogens with zero attached hydrogens (tertiary/aromatic N) is 1. The van der Waals surface area contributed by atoms with E-state index in [2.05, 4.69) is 66.8 Å². The summed E-state index contributed by atoms with van der Waals surface area (Å²) < 4.78 is 0. The molecule has 114 valence electrons. The van der Waals surface area contributed by atoms with Gasteiger partial charge in [-0.3, -0.25) is 5.43 Å². The second-order valence-corrected chi connectivity index (χ2v) is 5.68. The van der Waals surface area contributed by atoms with Crippen LogP contribution in [-0.2, 0) is 0 Å². The number of rotatable bonds is 4. The van der Waals surface area contributed by atoms with Crippen molar-refractivity contribution in [3.05, 3.63) is 101 Å². The van der Waals surface area contributed by atoms with E-state index in [4.69, 9.17) is 0 Å². The van der Waals surface area contributed by atoms with E-state index in [1.807, 2.05) is 36.4 Å². The van der Waals surface area contributed by atoms with Crippen LogP contribution in [0, 0.1) is 13.8 Å². The van der Waals surface area contributed by atoms with Gasteiger partial charge >= 0.3 is 0 Å². The van der Waals surface area contributed by atoms with Crippen molar-refractivity contribution in [3.63, 3.8) is 0 Å². The van der Waals surface area contributed by atoms with Gasteiger partial charge in [-0.2, -0.15) is 5.10 Å². The van der Waals surface area contributed by atoms with Crippen molar-refractivity contribution in [2.45, 2.75) is 13.8 Å². The maximum absolute atomic E-state index is 4.68. The van der Waals surface area contributed by atoms with Gasteiger partial charge in [0.15, 0.2) is 0 Å². The van der Waals surface area contributed by atoms with E-state index >= 15 is 0 Å². The van der Waals surface area contributed by atoms with Crippen molar-refractivity contribution in [2.75, 3.05) is 5.43 Å². The van der Waals surface area contributed by atoms with Crippen LogP contribution in [0.2, 0.25) is 0 Å². The Morgan fingerprint density at radius 1 is 0.696 bits per heavy atom. The highest BCUT2D eigenvalue weighted by atomic mass is 15.3. The first-order chi connectivity index (χ1) is 11.2. The lowest BCUT2D eigenvalue weighted by Crippen LogP contribution is -2.06. The van der Waals surface area contributed by atoms with Crippen LogP contribution in [0.5, 0.6) is 0 Å². The zero-order chi connectivity index (χ0) is 16.1. The van der Waals surface area contributed by atoms with Crippen LogP contribution in [0.4, 0.5) is 5.69 Å². The normalized spacial score (nSPS) is 10.2. The van der Waals surface area contributed by atoms with Crippen LogP contribution >= 0.6 is 0 Å². The van der Waals surface area contributed by atoms with Crippen LogP contribution in [0.25, 0.3) is 0 Å². The van der Waals surface area contributed by atoms with E-state index in [1.165, 1.54) is 11.1 Å². The zero-order valence-electron chi connectivity index (χ0n) is 13.5. The summed E-state index contributed by atoms with van der Waals surface area (Å²) in [6.07, 6.45) is 0. The molecule has 23 heavy (non-hydrogen) atoms. The van der Waals surface area contributed by atoms with Gasteiger partial charge in [0.2, 0.25) is 0 Å². The molecule has 0 atom stereocenters. The number of aryl methyl sites for hydroxylation is 2. The Bertz CT molecular complexity index is 744. The lowest BCUT2D eigenvalue weighted by Gasteiger charge is -2.09. The number of hydrogen-bond donors (Lipinski definition) is 1. The van der Waals surface area contributed by atoms with Crippen molar-refractivity contribution in [1.82, 2.24) is 0 Å². The molecule has 0 aliphatic carbocycles. The van der Waals surface area contributed by atoms with Crippen molar-refractivity contribution in [1.29, 1.82) is 0 Å². The van der Waals surface area contributed by atoms with Crippen molar-refractivity contribution in [3.8, 4) is 0 Å². The summed E-state index contributed by atoms with van der Waals surface area (Å²) in [4.78, 5) is 0. The highest BCUT2D eigenvalue weighted by Crippen LogP contribution is 2.16. The average molecular weight is 300 g/mol. The SMILES string of the molecule is Cc1cc(C)cc(NN=C(c2ccccc2)c2ccccc2)c1. The molecule has 0 heterocycles. The Hall–Kier alpha value is -2.87. The molecular weight excluding hydrogens is 280 g/mol. The second kappa shape index (κ2) is 6.93. The van der Waals surface area contributed by atoms with E-state index in [9.17, 15) is 0 Å². The summed E-state index contributed by atoms with van der Waals surface area (Å²) in [5.41, 5.74) is 9.79. The van der Waals surface area contributed by atoms with Crippen molar-refractivity contribution in [2.24, 2.45) is 5.10 Å². The minimum Gasteiger partial charge on any atom is -0.278 e. The molecule has 0 saturated heterocycles. The minimum atomic E-state index is 0.936. The first-order valence-electron chi connectivity index (χ1n) is 7.75. The van der Waals surface area contributed by atoms with Gasteiger partial charge in [-0.05, 0) is 37.1 Å². The highest BCUT2D eigenvalue weighted by Gasteiger charge is 2.06. The largest absolute Gasteiger partial charge is 0.278 e. The summed E-state index contributed by atoms with van der Waals surface area (Å²) in [5, 5.41) is 4.68. The molecule has 3 rings (SSSR count). The van der Waals surface area contributed by atoms with Gasteiger partial charge < -0.3 is 0 Å². The topological polar surface area (TPSA) is 24.4 Å². The lowest BCUT2D eigenvalue weighted by atomic mass is 10.0. The fraction of sp³-hybridized carbons (Fsp3) is 0.0952. The predicted octanol–water partition coefficient (Wildman–Crippen LogP) is 5.17. The van der Waals surface area contributed by atoms with Gasteiger partial charge in [-0.1, -0.05) is 66.7 Å². The lowest BCUT2D eigenvalue weighted by molar-refractivity contribution is 1.29. The molecule has 0 radical (unpaired) electrons. The number of benzene rings is 3. The van der Waals surface area contributed by atoms with Gasteiger partial charge in [-0.15, -0.1) is 0 Å². The Balaban J connectivity index is 1.98. The van der Waals surface area contributed by atoms with E-state index < -0.39 is 0 Å². The number of hydrogen-bond acceptors (Lipinski definition) is 2. The van der Waals surface area contributed by atoms with Crippen molar-refractivity contribution >= 4 is 11.4 Å². The van der Waals surface area contributed by atoms with E-state index in [0.29, 0.717) is 0 Å². The molecule has 0 aromatic heterocycles. The Morgan fingerprint density at radius 3 is 1.65 bits per heavy atom. The molecular formula is C21H20N2. The van der Waals surface area contributed by atoms with Gasteiger partial charge in [-0.25, -0.2) is 0 Å². The molecule has 2 heteroatoms. The summed E-state index contributed by atoms with van der Waals surface area (Å²) in [7, 11) is 0. The monoisotopic (exact) mass is 300 g/mol. The number of hydrazone groups is 1. The third-order valence-corrected chi connectivity index (χ3v) is 3.61. The maximum Gasteiger partial charge on any atom is 0.0977 e. The summed E-state index contributed by atoms with van der Waals surface area (Å²) in [5.74, 6) is 0. The van der Waals surface area contributed by atoms with Crippen LogP contribution in [0.3, 0.4) is 0 Å². The first kappa shape index (κ1) is 15.0. The fourth-order valence-corrected chi connectivity index (χ4v) is 2.65. The fourth-order valence-electron chi connectivity index (χ4n) is 2.65. The number of anilines is 1.